The van der Waals surface area contributed by atoms with Crippen LogP contribution >= 0.6 is 0 Å². The maximum absolute atomic E-state index is 11.6. The van der Waals surface area contributed by atoms with Gasteiger partial charge in [-0.1, -0.05) is 0 Å². The van der Waals surface area contributed by atoms with Crippen LogP contribution in [0.1, 0.15) is 20.8 Å². The fourth-order valence-corrected chi connectivity index (χ4v) is 1.56. The molecule has 5 heteroatoms. The van der Waals surface area contributed by atoms with Crippen molar-refractivity contribution in [3.8, 4) is 0 Å². The number of hydrogen-bond acceptors (Lipinski definition) is 4. The van der Waals surface area contributed by atoms with Gasteiger partial charge in [-0.2, -0.15) is 0 Å². The topological polar surface area (TPSA) is 66.0 Å². The summed E-state index contributed by atoms with van der Waals surface area (Å²) >= 11 is 0. The number of carbonyl (C=O) groups excluding carboxylic acids is 1. The molecule has 100 valence electrons. The first-order chi connectivity index (χ1) is 8.49. The quantitative estimate of drug-likeness (QED) is 0.719. The second-order valence-corrected chi connectivity index (χ2v) is 4.78. The molecule has 0 radical (unpaired) electrons. The molecule has 18 heavy (non-hydrogen) atoms. The Morgan fingerprint density at radius 2 is 2.11 bits per heavy atom. The van der Waals surface area contributed by atoms with Crippen LogP contribution in [-0.2, 0) is 4.79 Å². The number of nitrogens with one attached hydrogen (secondary N) is 3. The smallest absolute Gasteiger partial charge is 0.227 e. The maximum Gasteiger partial charge on any atom is 0.227 e. The third-order valence-corrected chi connectivity index (χ3v) is 2.69. The monoisotopic (exact) mass is 250 g/mol. The first-order valence-corrected chi connectivity index (χ1v) is 6.15. The van der Waals surface area contributed by atoms with E-state index in [9.17, 15) is 4.79 Å². The van der Waals surface area contributed by atoms with Crippen molar-refractivity contribution < 1.29 is 4.79 Å². The lowest BCUT2D eigenvalue weighted by atomic mass is 9.92. The van der Waals surface area contributed by atoms with Gasteiger partial charge >= 0.3 is 0 Å². The SMILES string of the molecule is CCNc1cc(NCC(C)(C)C(=O)NC)ccn1. The van der Waals surface area contributed by atoms with Gasteiger partial charge in [0.2, 0.25) is 5.91 Å². The van der Waals surface area contributed by atoms with Crippen LogP contribution in [0.3, 0.4) is 0 Å². The number of aromatic nitrogens is 1. The zero-order chi connectivity index (χ0) is 13.6. The molecule has 0 bridgehead atoms. The first-order valence-electron chi connectivity index (χ1n) is 6.15. The van der Waals surface area contributed by atoms with Crippen LogP contribution in [0.15, 0.2) is 18.3 Å². The summed E-state index contributed by atoms with van der Waals surface area (Å²) in [5.74, 6) is 0.858. The minimum atomic E-state index is -0.448. The van der Waals surface area contributed by atoms with E-state index >= 15 is 0 Å². The second kappa shape index (κ2) is 6.23. The molecule has 1 amide bonds. The van der Waals surface area contributed by atoms with Crippen LogP contribution in [-0.4, -0.2) is 31.0 Å². The normalized spacial score (nSPS) is 10.9. The lowest BCUT2D eigenvalue weighted by Crippen LogP contribution is -2.39. The third kappa shape index (κ3) is 3.91. The summed E-state index contributed by atoms with van der Waals surface area (Å²) in [6.07, 6.45) is 1.74. The number of hydrogen-bond donors (Lipinski definition) is 3. The van der Waals surface area contributed by atoms with E-state index in [-0.39, 0.29) is 5.91 Å². The molecule has 0 atom stereocenters. The number of carbonyl (C=O) groups is 1. The Balaban J connectivity index is 2.63. The first kappa shape index (κ1) is 14.3. The van der Waals surface area contributed by atoms with Gasteiger partial charge in [0.15, 0.2) is 0 Å². The standard InChI is InChI=1S/C13H22N4O/c1-5-15-11-8-10(6-7-16-11)17-9-13(2,3)12(18)14-4/h6-8H,5,9H2,1-4H3,(H,14,18)(H2,15,16,17). The molecular formula is C13H22N4O. The summed E-state index contributed by atoms with van der Waals surface area (Å²) < 4.78 is 0. The largest absolute Gasteiger partial charge is 0.384 e. The van der Waals surface area contributed by atoms with Crippen molar-refractivity contribution in [1.82, 2.24) is 10.3 Å². The zero-order valence-electron chi connectivity index (χ0n) is 11.5. The van der Waals surface area contributed by atoms with E-state index in [1.54, 1.807) is 13.2 Å². The molecule has 0 fully saturated rings. The van der Waals surface area contributed by atoms with Gasteiger partial charge in [-0.3, -0.25) is 4.79 Å². The van der Waals surface area contributed by atoms with E-state index in [0.29, 0.717) is 6.54 Å². The summed E-state index contributed by atoms with van der Waals surface area (Å²) in [6, 6.07) is 3.82. The summed E-state index contributed by atoms with van der Waals surface area (Å²) in [7, 11) is 1.65. The Morgan fingerprint density at radius 1 is 1.39 bits per heavy atom. The highest BCUT2D eigenvalue weighted by Crippen LogP contribution is 2.18. The van der Waals surface area contributed by atoms with Gasteiger partial charge in [0.25, 0.3) is 0 Å². The Bertz CT molecular complexity index is 404. The van der Waals surface area contributed by atoms with Gasteiger partial charge in [-0.15, -0.1) is 0 Å². The molecule has 0 aliphatic heterocycles. The Morgan fingerprint density at radius 3 is 2.72 bits per heavy atom. The van der Waals surface area contributed by atoms with Crippen LogP contribution in [0.2, 0.25) is 0 Å². The summed E-state index contributed by atoms with van der Waals surface area (Å²) in [5.41, 5.74) is 0.508. The highest BCUT2D eigenvalue weighted by Gasteiger charge is 2.26. The average molecular weight is 250 g/mol. The third-order valence-electron chi connectivity index (χ3n) is 2.69. The van der Waals surface area contributed by atoms with E-state index in [2.05, 4.69) is 20.9 Å². The Hall–Kier alpha value is -1.78. The average Bonchev–Trinajstić information content (AvgIpc) is 2.36. The highest BCUT2D eigenvalue weighted by molar-refractivity contribution is 5.82. The van der Waals surface area contributed by atoms with Crippen molar-refractivity contribution in [2.45, 2.75) is 20.8 Å². The van der Waals surface area contributed by atoms with Crippen LogP contribution in [0.5, 0.6) is 0 Å². The van der Waals surface area contributed by atoms with Crippen LogP contribution in [0.4, 0.5) is 11.5 Å². The molecule has 0 spiro atoms. The molecule has 0 saturated heterocycles. The Kier molecular flexibility index (Phi) is 4.95. The number of pyridine rings is 1. The summed E-state index contributed by atoms with van der Waals surface area (Å²) in [6.45, 7) is 7.25. The van der Waals surface area contributed by atoms with Crippen molar-refractivity contribution in [1.29, 1.82) is 0 Å². The van der Waals surface area contributed by atoms with E-state index in [1.807, 2.05) is 32.9 Å². The van der Waals surface area contributed by atoms with Crippen LogP contribution in [0, 0.1) is 5.41 Å². The predicted molar refractivity (Wildman–Crippen MR) is 74.7 cm³/mol. The minimum absolute atomic E-state index is 0.0240. The van der Waals surface area contributed by atoms with Crippen LogP contribution < -0.4 is 16.0 Å². The lowest BCUT2D eigenvalue weighted by Gasteiger charge is -2.23. The van der Waals surface area contributed by atoms with Gasteiger partial charge in [0.05, 0.1) is 5.41 Å². The lowest BCUT2D eigenvalue weighted by molar-refractivity contribution is -0.128. The van der Waals surface area contributed by atoms with Gasteiger partial charge in [0, 0.05) is 38.1 Å². The number of amides is 1. The predicted octanol–water partition coefficient (Wildman–Crippen LogP) is 1.70. The minimum Gasteiger partial charge on any atom is -0.384 e. The van der Waals surface area contributed by atoms with E-state index in [0.717, 1.165) is 18.1 Å². The van der Waals surface area contributed by atoms with E-state index in [1.165, 1.54) is 0 Å². The number of nitrogens with zero attached hydrogens (tertiary/aromatic N) is 1. The van der Waals surface area contributed by atoms with Crippen molar-refractivity contribution >= 4 is 17.4 Å². The fourth-order valence-electron chi connectivity index (χ4n) is 1.56. The Labute approximate surface area is 108 Å². The van der Waals surface area contributed by atoms with Crippen molar-refractivity contribution in [3.63, 3.8) is 0 Å². The highest BCUT2D eigenvalue weighted by atomic mass is 16.2. The van der Waals surface area contributed by atoms with Gasteiger partial charge < -0.3 is 16.0 Å². The summed E-state index contributed by atoms with van der Waals surface area (Å²) in [5, 5.41) is 9.08. The molecule has 1 rings (SSSR count). The van der Waals surface area contributed by atoms with Crippen molar-refractivity contribution in [3.05, 3.63) is 18.3 Å². The van der Waals surface area contributed by atoms with Gasteiger partial charge in [0.1, 0.15) is 5.82 Å². The zero-order valence-corrected chi connectivity index (χ0v) is 11.5. The molecule has 0 saturated carbocycles. The molecule has 1 aromatic rings. The fraction of sp³-hybridized carbons (Fsp3) is 0.538. The molecule has 0 aliphatic carbocycles. The molecule has 0 aromatic carbocycles. The molecular weight excluding hydrogens is 228 g/mol. The number of rotatable bonds is 6. The summed E-state index contributed by atoms with van der Waals surface area (Å²) in [4.78, 5) is 15.8. The molecule has 3 N–H and O–H groups in total. The molecule has 5 nitrogen and oxygen atoms in total. The van der Waals surface area contributed by atoms with Crippen molar-refractivity contribution in [2.75, 3.05) is 30.8 Å². The number of anilines is 2. The molecule has 0 unspecified atom stereocenters. The molecule has 1 heterocycles. The van der Waals surface area contributed by atoms with Crippen molar-refractivity contribution in [2.24, 2.45) is 5.41 Å². The van der Waals surface area contributed by atoms with E-state index in [4.69, 9.17) is 0 Å². The second-order valence-electron chi connectivity index (χ2n) is 4.78. The van der Waals surface area contributed by atoms with Crippen LogP contribution in [0.25, 0.3) is 0 Å². The van der Waals surface area contributed by atoms with Gasteiger partial charge in [-0.25, -0.2) is 4.98 Å². The maximum atomic E-state index is 11.6. The van der Waals surface area contributed by atoms with E-state index < -0.39 is 5.41 Å². The van der Waals surface area contributed by atoms with Gasteiger partial charge in [-0.05, 0) is 26.8 Å². The molecule has 1 aromatic heterocycles. The molecule has 0 aliphatic rings.